The largest absolute Gasteiger partial charge is 0.351 e. The Bertz CT molecular complexity index is 1190. The van der Waals surface area contributed by atoms with Crippen molar-refractivity contribution in [2.75, 3.05) is 0 Å². The van der Waals surface area contributed by atoms with E-state index in [0.717, 1.165) is 33.2 Å². The zero-order valence-electron chi connectivity index (χ0n) is 12.9. The second kappa shape index (κ2) is 4.23. The highest BCUT2D eigenvalue weighted by atomic mass is 15.2. The normalized spacial score (nSPS) is 11.9. The molecule has 5 aromatic rings. The van der Waals surface area contributed by atoms with Gasteiger partial charge in [-0.3, -0.25) is 4.68 Å². The number of H-pyrrole nitrogens is 1. The third-order valence-corrected chi connectivity index (χ3v) is 4.53. The lowest BCUT2D eigenvalue weighted by Gasteiger charge is -1.99. The minimum absolute atomic E-state index is 0.788. The average Bonchev–Trinajstić information content (AvgIpc) is 3.24. The van der Waals surface area contributed by atoms with Gasteiger partial charge in [0.1, 0.15) is 0 Å². The van der Waals surface area contributed by atoms with Crippen LogP contribution in [0.2, 0.25) is 0 Å². The first kappa shape index (κ1) is 12.5. The SMILES string of the molecule is Cn1ccc2cc(-c3cc4c(ncc5c[nH]n(C)c54)n3)ccc21. The molecule has 0 saturated heterocycles. The van der Waals surface area contributed by atoms with Crippen molar-refractivity contribution >= 4 is 32.8 Å². The summed E-state index contributed by atoms with van der Waals surface area (Å²) in [6.07, 6.45) is 5.91. The topological polar surface area (TPSA) is 51.4 Å². The summed E-state index contributed by atoms with van der Waals surface area (Å²) >= 11 is 0. The number of nitrogens with zero attached hydrogens (tertiary/aromatic N) is 4. The van der Waals surface area contributed by atoms with Crippen LogP contribution in [0.25, 0.3) is 44.1 Å². The number of fused-ring (bicyclic) bond motifs is 4. The van der Waals surface area contributed by atoms with Crippen molar-refractivity contribution in [3.05, 3.63) is 48.9 Å². The minimum Gasteiger partial charge on any atom is -0.351 e. The molecule has 1 N–H and O–H groups in total. The van der Waals surface area contributed by atoms with Crippen LogP contribution in [-0.4, -0.2) is 24.3 Å². The minimum atomic E-state index is 0.788. The molecule has 0 amide bonds. The summed E-state index contributed by atoms with van der Waals surface area (Å²) in [6, 6.07) is 10.7. The molecule has 0 bridgehead atoms. The van der Waals surface area contributed by atoms with Crippen LogP contribution in [0.5, 0.6) is 0 Å². The summed E-state index contributed by atoms with van der Waals surface area (Å²) in [7, 11) is 4.06. The third kappa shape index (κ3) is 1.67. The lowest BCUT2D eigenvalue weighted by atomic mass is 10.1. The highest BCUT2D eigenvalue weighted by Crippen LogP contribution is 2.30. The summed E-state index contributed by atoms with van der Waals surface area (Å²) in [5.74, 6) is 0. The molecule has 0 aliphatic rings. The fraction of sp³-hybridized carbons (Fsp3) is 0.111. The van der Waals surface area contributed by atoms with E-state index in [0.29, 0.717) is 0 Å². The van der Waals surface area contributed by atoms with Gasteiger partial charge in [0, 0.05) is 59.9 Å². The molecule has 112 valence electrons. The maximum Gasteiger partial charge on any atom is 0.162 e. The van der Waals surface area contributed by atoms with E-state index in [1.807, 2.05) is 24.1 Å². The zero-order chi connectivity index (χ0) is 15.6. The number of aromatic amines is 1. The summed E-state index contributed by atoms with van der Waals surface area (Å²) in [5.41, 5.74) is 5.23. The van der Waals surface area contributed by atoms with E-state index in [4.69, 9.17) is 4.98 Å². The molecule has 5 rings (SSSR count). The van der Waals surface area contributed by atoms with Gasteiger partial charge < -0.3 is 9.67 Å². The molecule has 0 unspecified atom stereocenters. The van der Waals surface area contributed by atoms with Crippen LogP contribution >= 0.6 is 0 Å². The Morgan fingerprint density at radius 3 is 2.87 bits per heavy atom. The standard InChI is InChI=1S/C18H15N5/c1-22-6-5-12-7-11(3-4-16(12)22)15-8-14-17-13(10-20-23(17)2)9-19-18(14)21-15/h3-10,20H,1-2H3. The van der Waals surface area contributed by atoms with E-state index in [-0.39, 0.29) is 0 Å². The second-order valence-electron chi connectivity index (χ2n) is 5.97. The summed E-state index contributed by atoms with van der Waals surface area (Å²) < 4.78 is 4.13. The molecule has 4 aromatic heterocycles. The Morgan fingerprint density at radius 1 is 1.04 bits per heavy atom. The summed E-state index contributed by atoms with van der Waals surface area (Å²) in [5, 5.41) is 6.59. The van der Waals surface area contributed by atoms with Crippen molar-refractivity contribution in [2.45, 2.75) is 0 Å². The molecule has 4 heterocycles. The molecule has 0 atom stereocenters. The van der Waals surface area contributed by atoms with Crippen molar-refractivity contribution in [1.82, 2.24) is 24.3 Å². The van der Waals surface area contributed by atoms with Gasteiger partial charge in [-0.2, -0.15) is 0 Å². The van der Waals surface area contributed by atoms with Crippen LogP contribution < -0.4 is 0 Å². The van der Waals surface area contributed by atoms with Gasteiger partial charge in [-0.1, -0.05) is 6.07 Å². The van der Waals surface area contributed by atoms with Crippen LogP contribution in [0.4, 0.5) is 0 Å². The summed E-state index contributed by atoms with van der Waals surface area (Å²) in [6.45, 7) is 0. The van der Waals surface area contributed by atoms with Gasteiger partial charge in [-0.05, 0) is 24.3 Å². The lowest BCUT2D eigenvalue weighted by Crippen LogP contribution is -1.89. The molecule has 0 radical (unpaired) electrons. The first-order chi connectivity index (χ1) is 11.2. The highest BCUT2D eigenvalue weighted by molar-refractivity contribution is 6.04. The molecule has 0 aliphatic carbocycles. The van der Waals surface area contributed by atoms with Gasteiger partial charge in [0.25, 0.3) is 0 Å². The maximum atomic E-state index is 4.72. The number of aromatic nitrogens is 5. The number of pyridine rings is 1. The predicted octanol–water partition coefficient (Wildman–Crippen LogP) is 3.61. The number of hydrogen-bond donors (Lipinski definition) is 1. The monoisotopic (exact) mass is 301 g/mol. The first-order valence-electron chi connectivity index (χ1n) is 7.56. The Balaban J connectivity index is 1.78. The van der Waals surface area contributed by atoms with Gasteiger partial charge in [-0.15, -0.1) is 0 Å². The number of hydrogen-bond acceptors (Lipinski definition) is 2. The van der Waals surface area contributed by atoms with Crippen LogP contribution in [0.3, 0.4) is 0 Å². The van der Waals surface area contributed by atoms with Crippen molar-refractivity contribution in [2.24, 2.45) is 14.1 Å². The predicted molar refractivity (Wildman–Crippen MR) is 92.3 cm³/mol. The molecule has 0 spiro atoms. The van der Waals surface area contributed by atoms with E-state index < -0.39 is 0 Å². The lowest BCUT2D eigenvalue weighted by molar-refractivity contribution is 0.799. The number of aryl methyl sites for hydroxylation is 2. The van der Waals surface area contributed by atoms with E-state index in [2.05, 4.69) is 58.2 Å². The molecule has 0 aliphatic heterocycles. The Kier molecular flexibility index (Phi) is 2.29. The molecule has 0 fully saturated rings. The molecular formula is C18H15N5. The van der Waals surface area contributed by atoms with E-state index in [1.54, 1.807) is 0 Å². The van der Waals surface area contributed by atoms with Crippen LogP contribution in [0.15, 0.2) is 48.9 Å². The first-order valence-corrected chi connectivity index (χ1v) is 7.56. The Hall–Kier alpha value is -3.08. The van der Waals surface area contributed by atoms with Crippen molar-refractivity contribution in [3.63, 3.8) is 0 Å². The second-order valence-corrected chi connectivity index (χ2v) is 5.97. The van der Waals surface area contributed by atoms with Crippen LogP contribution in [0.1, 0.15) is 0 Å². The Morgan fingerprint density at radius 2 is 1.96 bits per heavy atom. The van der Waals surface area contributed by atoms with E-state index >= 15 is 0 Å². The molecule has 0 saturated carbocycles. The van der Waals surface area contributed by atoms with E-state index in [1.165, 1.54) is 10.9 Å². The molecule has 1 aromatic carbocycles. The van der Waals surface area contributed by atoms with E-state index in [9.17, 15) is 0 Å². The van der Waals surface area contributed by atoms with Crippen LogP contribution in [-0.2, 0) is 14.1 Å². The highest BCUT2D eigenvalue weighted by Gasteiger charge is 2.12. The van der Waals surface area contributed by atoms with Gasteiger partial charge in [0.2, 0.25) is 0 Å². The smallest absolute Gasteiger partial charge is 0.162 e. The van der Waals surface area contributed by atoms with Gasteiger partial charge >= 0.3 is 0 Å². The van der Waals surface area contributed by atoms with Gasteiger partial charge in [0.05, 0.1) is 11.2 Å². The molecule has 23 heavy (non-hydrogen) atoms. The van der Waals surface area contributed by atoms with Crippen molar-refractivity contribution in [3.8, 4) is 11.3 Å². The quantitative estimate of drug-likeness (QED) is 0.514. The number of rotatable bonds is 1. The van der Waals surface area contributed by atoms with Gasteiger partial charge in [0.15, 0.2) is 5.65 Å². The van der Waals surface area contributed by atoms with Crippen LogP contribution in [0, 0.1) is 0 Å². The number of nitrogens with one attached hydrogen (secondary N) is 1. The molecular weight excluding hydrogens is 286 g/mol. The fourth-order valence-corrected chi connectivity index (χ4v) is 3.33. The van der Waals surface area contributed by atoms with Crippen molar-refractivity contribution < 1.29 is 0 Å². The molecule has 5 heteroatoms. The van der Waals surface area contributed by atoms with Crippen molar-refractivity contribution in [1.29, 1.82) is 0 Å². The number of benzene rings is 1. The summed E-state index contributed by atoms with van der Waals surface area (Å²) in [4.78, 5) is 9.21. The third-order valence-electron chi connectivity index (χ3n) is 4.53. The zero-order valence-corrected chi connectivity index (χ0v) is 12.9. The molecule has 5 nitrogen and oxygen atoms in total. The maximum absolute atomic E-state index is 4.72. The van der Waals surface area contributed by atoms with Gasteiger partial charge in [-0.25, -0.2) is 9.97 Å². The Labute approximate surface area is 132 Å². The average molecular weight is 301 g/mol. The fourth-order valence-electron chi connectivity index (χ4n) is 3.33.